The van der Waals surface area contributed by atoms with Crippen LogP contribution in [0.4, 0.5) is 5.82 Å². The molecule has 0 fully saturated rings. The molecule has 1 aromatic heterocycles. The molecule has 0 saturated heterocycles. The molecular weight excluding hydrogens is 454 g/mol. The Balaban J connectivity index is 1.42. The van der Waals surface area contributed by atoms with Crippen LogP contribution >= 0.6 is 0 Å². The van der Waals surface area contributed by atoms with Crippen LogP contribution in [0.1, 0.15) is 40.7 Å². The normalized spacial score (nSPS) is 15.2. The molecule has 3 aromatic rings. The summed E-state index contributed by atoms with van der Waals surface area (Å²) in [6, 6.07) is 17.9. The number of hydrogen-bond acceptors (Lipinski definition) is 5. The number of hydrogen-bond donors (Lipinski definition) is 2. The predicted molar refractivity (Wildman–Crippen MR) is 139 cm³/mol. The van der Waals surface area contributed by atoms with Gasteiger partial charge in [0.05, 0.1) is 18.9 Å². The van der Waals surface area contributed by atoms with E-state index in [1.165, 1.54) is 0 Å². The second-order valence-corrected chi connectivity index (χ2v) is 9.46. The molecule has 1 atom stereocenters. The zero-order valence-corrected chi connectivity index (χ0v) is 20.9. The van der Waals surface area contributed by atoms with Gasteiger partial charge in [0.1, 0.15) is 11.6 Å². The summed E-state index contributed by atoms with van der Waals surface area (Å²) in [5, 5.41) is 12.7. The number of benzene rings is 2. The lowest BCUT2D eigenvalue weighted by Gasteiger charge is -2.24. The number of anilines is 1. The first-order valence-corrected chi connectivity index (χ1v) is 12.3. The monoisotopic (exact) mass is 487 g/mol. The summed E-state index contributed by atoms with van der Waals surface area (Å²) in [5.41, 5.74) is 5.34. The highest BCUT2D eigenvalue weighted by Gasteiger charge is 2.31. The van der Waals surface area contributed by atoms with Gasteiger partial charge in [0.25, 0.3) is 0 Å². The van der Waals surface area contributed by atoms with Crippen LogP contribution in [-0.2, 0) is 29.1 Å². The van der Waals surface area contributed by atoms with Crippen molar-refractivity contribution < 1.29 is 19.4 Å². The molecule has 0 bridgehead atoms. The number of aliphatic carboxylic acids is 1. The number of carbonyl (C=O) groups is 2. The summed E-state index contributed by atoms with van der Waals surface area (Å²) in [6.45, 7) is 6.22. The first kappa shape index (κ1) is 25.2. The second kappa shape index (κ2) is 11.7. The van der Waals surface area contributed by atoms with Gasteiger partial charge in [0.15, 0.2) is 0 Å². The summed E-state index contributed by atoms with van der Waals surface area (Å²) in [6.07, 6.45) is 2.84. The smallest absolute Gasteiger partial charge is 0.304 e. The third-order valence-electron chi connectivity index (χ3n) is 6.39. The van der Waals surface area contributed by atoms with E-state index in [2.05, 4.69) is 10.3 Å². The Morgan fingerprint density at radius 2 is 1.89 bits per heavy atom. The number of aromatic nitrogens is 1. The summed E-state index contributed by atoms with van der Waals surface area (Å²) in [4.78, 5) is 30.9. The van der Waals surface area contributed by atoms with Gasteiger partial charge >= 0.3 is 5.97 Å². The van der Waals surface area contributed by atoms with Crippen LogP contribution in [0.5, 0.6) is 5.75 Å². The molecule has 1 amide bonds. The van der Waals surface area contributed by atoms with Gasteiger partial charge in [-0.2, -0.15) is 0 Å². The molecular formula is C29H33N3O4. The van der Waals surface area contributed by atoms with Crippen molar-refractivity contribution >= 4 is 17.7 Å². The molecule has 36 heavy (non-hydrogen) atoms. The number of nitrogens with one attached hydrogen (secondary N) is 1. The number of carbonyl (C=O) groups excluding carboxylic acids is 1. The maximum atomic E-state index is 13.3. The largest absolute Gasteiger partial charge is 0.494 e. The van der Waals surface area contributed by atoms with Gasteiger partial charge in [-0.25, -0.2) is 4.98 Å². The van der Waals surface area contributed by atoms with Crippen molar-refractivity contribution in [1.82, 2.24) is 9.88 Å². The zero-order chi connectivity index (χ0) is 25.5. The molecule has 188 valence electrons. The fourth-order valence-corrected chi connectivity index (χ4v) is 4.46. The van der Waals surface area contributed by atoms with Crippen molar-refractivity contribution in [1.29, 1.82) is 0 Å². The number of carboxylic acids is 1. The lowest BCUT2D eigenvalue weighted by atomic mass is 9.94. The summed E-state index contributed by atoms with van der Waals surface area (Å²) >= 11 is 0. The van der Waals surface area contributed by atoms with Gasteiger partial charge in [-0.1, -0.05) is 35.9 Å². The molecule has 2 aromatic carbocycles. The van der Waals surface area contributed by atoms with Crippen LogP contribution in [-0.4, -0.2) is 40.0 Å². The molecule has 1 aliphatic heterocycles. The van der Waals surface area contributed by atoms with Gasteiger partial charge in [0.2, 0.25) is 5.91 Å². The van der Waals surface area contributed by atoms with Crippen molar-refractivity contribution in [3.05, 3.63) is 88.6 Å². The fourth-order valence-electron chi connectivity index (χ4n) is 4.46. The number of ether oxygens (including phenoxy) is 1. The number of amides is 1. The van der Waals surface area contributed by atoms with Crippen LogP contribution in [0.15, 0.2) is 60.8 Å². The minimum atomic E-state index is -0.957. The molecule has 0 radical (unpaired) electrons. The van der Waals surface area contributed by atoms with E-state index < -0.39 is 11.9 Å². The van der Waals surface area contributed by atoms with Gasteiger partial charge in [-0.05, 0) is 73.2 Å². The Kier molecular flexibility index (Phi) is 8.21. The Bertz CT molecular complexity index is 1210. The number of carboxylic acid groups (broad SMARTS) is 1. The number of nitrogens with zero attached hydrogens (tertiary/aromatic N) is 2. The number of pyridine rings is 1. The second-order valence-electron chi connectivity index (χ2n) is 9.46. The number of fused-ring (bicyclic) bond motifs is 1. The third-order valence-corrected chi connectivity index (χ3v) is 6.39. The van der Waals surface area contributed by atoms with Crippen LogP contribution < -0.4 is 10.1 Å². The lowest BCUT2D eigenvalue weighted by Crippen LogP contribution is -2.35. The number of rotatable bonds is 10. The first-order chi connectivity index (χ1) is 17.4. The highest BCUT2D eigenvalue weighted by molar-refractivity contribution is 5.84. The van der Waals surface area contributed by atoms with E-state index in [-0.39, 0.29) is 12.3 Å². The maximum Gasteiger partial charge on any atom is 0.304 e. The van der Waals surface area contributed by atoms with Crippen molar-refractivity contribution in [3.63, 3.8) is 0 Å². The minimum absolute atomic E-state index is 0.118. The molecule has 2 heterocycles. The van der Waals surface area contributed by atoms with Crippen LogP contribution in [0.2, 0.25) is 0 Å². The molecule has 0 spiro atoms. The predicted octanol–water partition coefficient (Wildman–Crippen LogP) is 4.76. The Hall–Kier alpha value is -3.87. The van der Waals surface area contributed by atoms with Gasteiger partial charge in [-0.15, -0.1) is 0 Å². The van der Waals surface area contributed by atoms with Crippen molar-refractivity contribution in [2.75, 3.05) is 18.5 Å². The maximum absolute atomic E-state index is 13.3. The molecule has 7 nitrogen and oxygen atoms in total. The Labute approximate surface area is 212 Å². The van der Waals surface area contributed by atoms with E-state index in [0.717, 1.165) is 52.4 Å². The van der Waals surface area contributed by atoms with Crippen molar-refractivity contribution in [2.45, 2.75) is 46.2 Å². The molecule has 1 unspecified atom stereocenters. The topological polar surface area (TPSA) is 91.8 Å². The van der Waals surface area contributed by atoms with E-state index in [0.29, 0.717) is 26.1 Å². The minimum Gasteiger partial charge on any atom is -0.494 e. The molecule has 4 rings (SSSR count). The van der Waals surface area contributed by atoms with E-state index in [9.17, 15) is 14.7 Å². The zero-order valence-electron chi connectivity index (χ0n) is 20.9. The highest BCUT2D eigenvalue weighted by atomic mass is 16.5. The average molecular weight is 488 g/mol. The van der Waals surface area contributed by atoms with E-state index in [4.69, 9.17) is 4.74 Å². The van der Waals surface area contributed by atoms with Crippen LogP contribution in [0, 0.1) is 19.8 Å². The van der Waals surface area contributed by atoms with Gasteiger partial charge < -0.3 is 20.1 Å². The number of aryl methyl sites for hydroxylation is 2. The van der Waals surface area contributed by atoms with E-state index >= 15 is 0 Å². The molecule has 7 heteroatoms. The van der Waals surface area contributed by atoms with Crippen molar-refractivity contribution in [3.8, 4) is 5.75 Å². The summed E-state index contributed by atoms with van der Waals surface area (Å²) in [5.74, 6) is -0.0487. The standard InChI is InChI=1S/C29H33N3O4/c1-20-4-6-22(7-5-20)18-32-19-25-16-26(9-8-23(25)15-24(29(32)35)17-28(33)34)36-13-3-11-30-27-14-21(2)10-12-31-27/h4-10,12,14,16,24H,3,11,13,15,17-19H2,1-2H3,(H,30,31)(H,33,34). The van der Waals surface area contributed by atoms with Crippen molar-refractivity contribution in [2.24, 2.45) is 5.92 Å². The van der Waals surface area contributed by atoms with E-state index in [1.807, 2.05) is 68.4 Å². The van der Waals surface area contributed by atoms with Crippen LogP contribution in [0.3, 0.4) is 0 Å². The molecule has 0 aliphatic carbocycles. The highest BCUT2D eigenvalue weighted by Crippen LogP contribution is 2.29. The molecule has 0 saturated carbocycles. The average Bonchev–Trinajstić information content (AvgIpc) is 2.96. The first-order valence-electron chi connectivity index (χ1n) is 12.3. The SMILES string of the molecule is Cc1ccc(CN2Cc3cc(OCCCNc4cc(C)ccn4)ccc3CC(CC(=O)O)C2=O)cc1. The van der Waals surface area contributed by atoms with Crippen LogP contribution in [0.25, 0.3) is 0 Å². The lowest BCUT2D eigenvalue weighted by molar-refractivity contribution is -0.144. The van der Waals surface area contributed by atoms with Gasteiger partial charge in [0, 0.05) is 25.8 Å². The Morgan fingerprint density at radius 1 is 1.08 bits per heavy atom. The quantitative estimate of drug-likeness (QED) is 0.401. The van der Waals surface area contributed by atoms with Gasteiger partial charge in [-0.3, -0.25) is 9.59 Å². The summed E-state index contributed by atoms with van der Waals surface area (Å²) < 4.78 is 6.00. The molecule has 2 N–H and O–H groups in total. The Morgan fingerprint density at radius 3 is 2.64 bits per heavy atom. The summed E-state index contributed by atoms with van der Waals surface area (Å²) in [7, 11) is 0. The third kappa shape index (κ3) is 6.84. The van der Waals surface area contributed by atoms with E-state index in [1.54, 1.807) is 11.1 Å². The molecule has 1 aliphatic rings. The fraction of sp³-hybridized carbons (Fsp3) is 0.345.